The van der Waals surface area contributed by atoms with Gasteiger partial charge >= 0.3 is 6.09 Å². The highest BCUT2D eigenvalue weighted by molar-refractivity contribution is 7.90. The maximum absolute atomic E-state index is 13.4. The van der Waals surface area contributed by atoms with E-state index in [0.717, 1.165) is 18.4 Å². The Morgan fingerprint density at radius 1 is 1.14 bits per heavy atom. The monoisotopic (exact) mass is 524 g/mol. The first-order valence-corrected chi connectivity index (χ1v) is 13.9. The minimum Gasteiger partial charge on any atom is -0.465 e. The van der Waals surface area contributed by atoms with Crippen LogP contribution >= 0.6 is 0 Å². The number of aryl methyl sites for hydroxylation is 1. The molecule has 0 radical (unpaired) electrons. The molecule has 3 atom stereocenters. The molecule has 0 bridgehead atoms. The number of aromatic nitrogens is 5. The number of benzene rings is 1. The Hall–Kier alpha value is -3.47. The Labute approximate surface area is 216 Å². The lowest BCUT2D eigenvalue weighted by Gasteiger charge is -2.38. The first-order chi connectivity index (χ1) is 17.4. The van der Waals surface area contributed by atoms with Gasteiger partial charge in [0.1, 0.15) is 5.82 Å². The van der Waals surface area contributed by atoms with Crippen LogP contribution in [0.2, 0.25) is 0 Å². The van der Waals surface area contributed by atoms with Gasteiger partial charge in [-0.05, 0) is 64.7 Å². The molecule has 0 aliphatic heterocycles. The summed E-state index contributed by atoms with van der Waals surface area (Å²) in [4.78, 5) is 18.3. The van der Waals surface area contributed by atoms with Gasteiger partial charge in [-0.1, -0.05) is 31.0 Å². The number of fused-ring (bicyclic) bond motifs is 3. The van der Waals surface area contributed by atoms with Crippen LogP contribution in [0.25, 0.3) is 16.8 Å². The van der Waals surface area contributed by atoms with Crippen LogP contribution in [0.1, 0.15) is 64.3 Å². The van der Waals surface area contributed by atoms with Gasteiger partial charge < -0.3 is 10.0 Å². The van der Waals surface area contributed by atoms with Crippen molar-refractivity contribution < 1.29 is 18.3 Å². The van der Waals surface area contributed by atoms with Gasteiger partial charge in [0.05, 0.1) is 16.6 Å². The van der Waals surface area contributed by atoms with Gasteiger partial charge in [0, 0.05) is 23.7 Å². The highest BCUT2D eigenvalue weighted by atomic mass is 32.2. The average Bonchev–Trinajstić information content (AvgIpc) is 3.53. The maximum Gasteiger partial charge on any atom is 0.407 e. The van der Waals surface area contributed by atoms with Crippen molar-refractivity contribution in [3.63, 3.8) is 0 Å². The minimum atomic E-state index is -3.86. The number of amides is 1. The second-order valence-corrected chi connectivity index (χ2v) is 12.7. The van der Waals surface area contributed by atoms with Gasteiger partial charge in [-0.3, -0.25) is 4.40 Å². The van der Waals surface area contributed by atoms with Gasteiger partial charge in [0.15, 0.2) is 11.3 Å². The zero-order valence-electron chi connectivity index (χ0n) is 21.7. The van der Waals surface area contributed by atoms with E-state index in [0.29, 0.717) is 29.1 Å². The number of rotatable bonds is 5. The summed E-state index contributed by atoms with van der Waals surface area (Å²) in [7, 11) is -3.86. The van der Waals surface area contributed by atoms with Crippen LogP contribution in [0.15, 0.2) is 47.6 Å². The third-order valence-corrected chi connectivity index (χ3v) is 9.14. The number of hydrogen-bond donors (Lipinski definition) is 1. The Bertz CT molecular complexity index is 1580. The Morgan fingerprint density at radius 2 is 1.84 bits per heavy atom. The first kappa shape index (κ1) is 25.2. The molecule has 1 aliphatic rings. The van der Waals surface area contributed by atoms with E-state index >= 15 is 0 Å². The molecule has 1 amide bonds. The van der Waals surface area contributed by atoms with Crippen molar-refractivity contribution in [2.45, 2.75) is 76.3 Å². The molecule has 3 heterocycles. The molecular formula is C26H32N6O4S. The van der Waals surface area contributed by atoms with E-state index in [1.54, 1.807) is 35.2 Å². The number of hydrogen-bond acceptors (Lipinski definition) is 6. The summed E-state index contributed by atoms with van der Waals surface area (Å²) in [5.74, 6) is 0.890. The van der Waals surface area contributed by atoms with E-state index in [1.165, 1.54) is 16.4 Å². The van der Waals surface area contributed by atoms with Crippen molar-refractivity contribution in [3.05, 3.63) is 54.1 Å². The van der Waals surface area contributed by atoms with Crippen LogP contribution in [0.3, 0.4) is 0 Å². The lowest BCUT2D eigenvalue weighted by molar-refractivity contribution is 0.0704. The van der Waals surface area contributed by atoms with Gasteiger partial charge in [-0.2, -0.15) is 0 Å². The molecule has 1 aromatic carbocycles. The van der Waals surface area contributed by atoms with Crippen LogP contribution in [0.5, 0.6) is 0 Å². The summed E-state index contributed by atoms with van der Waals surface area (Å²) in [6.07, 6.45) is 4.34. The maximum atomic E-state index is 13.4. The largest absolute Gasteiger partial charge is 0.465 e. The van der Waals surface area contributed by atoms with Crippen molar-refractivity contribution in [2.75, 3.05) is 0 Å². The van der Waals surface area contributed by atoms with Gasteiger partial charge in [-0.15, -0.1) is 10.2 Å². The van der Waals surface area contributed by atoms with Crippen molar-refractivity contribution in [2.24, 2.45) is 5.92 Å². The lowest BCUT2D eigenvalue weighted by atomic mass is 9.93. The zero-order chi connectivity index (χ0) is 26.7. The third-order valence-electron chi connectivity index (χ3n) is 7.46. The van der Waals surface area contributed by atoms with E-state index in [4.69, 9.17) is 0 Å². The van der Waals surface area contributed by atoms with E-state index in [2.05, 4.69) is 22.1 Å². The average molecular weight is 525 g/mol. The summed E-state index contributed by atoms with van der Waals surface area (Å²) >= 11 is 0. The Balaban J connectivity index is 1.60. The highest BCUT2D eigenvalue weighted by Crippen LogP contribution is 2.44. The quantitative estimate of drug-likeness (QED) is 0.402. The molecule has 3 aromatic heterocycles. The fourth-order valence-electron chi connectivity index (χ4n) is 5.77. The molecule has 0 saturated heterocycles. The minimum absolute atomic E-state index is 0.0307. The van der Waals surface area contributed by atoms with Crippen LogP contribution in [0, 0.1) is 12.8 Å². The first-order valence-electron chi connectivity index (χ1n) is 12.5. The summed E-state index contributed by atoms with van der Waals surface area (Å²) in [6.45, 7) is 9.74. The van der Waals surface area contributed by atoms with Gasteiger partial charge in [0.2, 0.25) is 0 Å². The second kappa shape index (κ2) is 8.83. The Morgan fingerprint density at radius 3 is 2.46 bits per heavy atom. The molecule has 37 heavy (non-hydrogen) atoms. The standard InChI is InChI=1S/C26H32N6O4S/c1-6-17-13-18(32(25(33)34)26(3,4)5)14-20(17)23-29-28-22-15-27-24-21(31(22)23)11-12-30(24)37(35,36)19-9-7-16(2)8-10-19/h7-12,15,17-18,20H,6,13-14H2,1-5H3,(H,33,34). The summed E-state index contributed by atoms with van der Waals surface area (Å²) < 4.78 is 29.9. The molecule has 11 heteroatoms. The number of nitrogens with zero attached hydrogens (tertiary/aromatic N) is 6. The van der Waals surface area contributed by atoms with E-state index in [-0.39, 0.29) is 22.8 Å². The second-order valence-electron chi connectivity index (χ2n) is 10.9. The molecule has 1 N–H and O–H groups in total. The summed E-state index contributed by atoms with van der Waals surface area (Å²) in [5.41, 5.74) is 1.85. The molecule has 1 saturated carbocycles. The SMILES string of the molecule is CCC1CC(N(C(=O)O)C(C)(C)C)CC1c1nnc2cnc3c(ccn3S(=O)(=O)c3ccc(C)cc3)n12. The fourth-order valence-corrected chi connectivity index (χ4v) is 7.07. The molecule has 3 unspecified atom stereocenters. The van der Waals surface area contributed by atoms with Crippen molar-refractivity contribution in [1.82, 2.24) is 28.5 Å². The molecular weight excluding hydrogens is 492 g/mol. The fraction of sp³-hybridized carbons (Fsp3) is 0.462. The van der Waals surface area contributed by atoms with Gasteiger partial charge in [-0.25, -0.2) is 22.2 Å². The Kier molecular flexibility index (Phi) is 6.01. The number of carboxylic acid groups (broad SMARTS) is 1. The summed E-state index contributed by atoms with van der Waals surface area (Å²) in [5, 5.41) is 18.8. The number of carbonyl (C=O) groups is 1. The van der Waals surface area contributed by atoms with Crippen molar-refractivity contribution in [1.29, 1.82) is 0 Å². The van der Waals surface area contributed by atoms with Crippen molar-refractivity contribution >= 4 is 32.9 Å². The third kappa shape index (κ3) is 4.14. The summed E-state index contributed by atoms with van der Waals surface area (Å²) in [6, 6.07) is 8.28. The van der Waals surface area contributed by atoms with E-state index in [1.807, 2.05) is 32.1 Å². The van der Waals surface area contributed by atoms with Gasteiger partial charge in [0.25, 0.3) is 10.0 Å². The predicted molar refractivity (Wildman–Crippen MR) is 139 cm³/mol. The topological polar surface area (TPSA) is 123 Å². The zero-order valence-corrected chi connectivity index (χ0v) is 22.5. The molecule has 10 nitrogen and oxygen atoms in total. The molecule has 1 fully saturated rings. The van der Waals surface area contributed by atoms with Crippen LogP contribution in [-0.4, -0.2) is 59.7 Å². The van der Waals surface area contributed by atoms with E-state index < -0.39 is 21.7 Å². The normalized spacial score (nSPS) is 20.6. The van der Waals surface area contributed by atoms with Crippen molar-refractivity contribution in [3.8, 4) is 0 Å². The molecule has 4 aromatic rings. The molecule has 1 aliphatic carbocycles. The van der Waals surface area contributed by atoms with Crippen LogP contribution in [-0.2, 0) is 10.0 Å². The van der Waals surface area contributed by atoms with E-state index in [9.17, 15) is 18.3 Å². The molecule has 5 rings (SSSR count). The smallest absolute Gasteiger partial charge is 0.407 e. The predicted octanol–water partition coefficient (Wildman–Crippen LogP) is 4.68. The molecule has 0 spiro atoms. The lowest BCUT2D eigenvalue weighted by Crippen LogP contribution is -2.50. The highest BCUT2D eigenvalue weighted by Gasteiger charge is 2.44. The van der Waals surface area contributed by atoms with Crippen LogP contribution in [0.4, 0.5) is 4.79 Å². The molecule has 196 valence electrons. The van der Waals surface area contributed by atoms with Crippen LogP contribution < -0.4 is 0 Å².